The van der Waals surface area contributed by atoms with Gasteiger partial charge in [0.15, 0.2) is 16.7 Å². The zero-order valence-electron chi connectivity index (χ0n) is 12.9. The number of halogens is 4. The molecule has 0 atom stereocenters. The summed E-state index contributed by atoms with van der Waals surface area (Å²) in [5.41, 5.74) is 2.71. The van der Waals surface area contributed by atoms with Crippen LogP contribution in [0.4, 0.5) is 23.2 Å². The molecule has 0 radical (unpaired) electrons. The Hall–Kier alpha value is -2.68. The molecule has 0 spiro atoms. The molecule has 2 rings (SSSR count). The number of methoxy groups -OCH3 is 1. The van der Waals surface area contributed by atoms with Crippen molar-refractivity contribution in [3.05, 3.63) is 59.4 Å². The van der Waals surface area contributed by atoms with Gasteiger partial charge in [-0.25, -0.2) is 4.39 Å². The fourth-order valence-electron chi connectivity index (χ4n) is 1.82. The van der Waals surface area contributed by atoms with Crippen molar-refractivity contribution in [3.63, 3.8) is 0 Å². The number of anilines is 1. The first-order chi connectivity index (χ1) is 11.8. The molecule has 9 heteroatoms. The van der Waals surface area contributed by atoms with E-state index in [9.17, 15) is 17.6 Å². The van der Waals surface area contributed by atoms with Gasteiger partial charge in [0.2, 0.25) is 0 Å². The van der Waals surface area contributed by atoms with Crippen molar-refractivity contribution < 1.29 is 22.3 Å². The third-order valence-electron chi connectivity index (χ3n) is 3.02. The van der Waals surface area contributed by atoms with E-state index in [-0.39, 0.29) is 10.9 Å². The summed E-state index contributed by atoms with van der Waals surface area (Å²) in [6.07, 6.45) is -3.00. The van der Waals surface area contributed by atoms with E-state index >= 15 is 0 Å². The van der Waals surface area contributed by atoms with Gasteiger partial charge in [-0.1, -0.05) is 6.07 Å². The van der Waals surface area contributed by atoms with Gasteiger partial charge in [0, 0.05) is 5.69 Å². The van der Waals surface area contributed by atoms with Crippen LogP contribution in [0.1, 0.15) is 11.1 Å². The summed E-state index contributed by atoms with van der Waals surface area (Å²) in [7, 11) is 1.35. The van der Waals surface area contributed by atoms with E-state index < -0.39 is 17.6 Å². The molecule has 0 fully saturated rings. The first kappa shape index (κ1) is 18.7. The highest BCUT2D eigenvalue weighted by Crippen LogP contribution is 2.29. The predicted molar refractivity (Wildman–Crippen MR) is 91.3 cm³/mol. The van der Waals surface area contributed by atoms with Crippen LogP contribution in [0.5, 0.6) is 5.75 Å². The Kier molecular flexibility index (Phi) is 5.92. The molecule has 0 aliphatic heterocycles. The van der Waals surface area contributed by atoms with Crippen molar-refractivity contribution in [2.24, 2.45) is 5.10 Å². The molecular weight excluding hydrogens is 358 g/mol. The number of nitrogens with zero attached hydrogens (tertiary/aromatic N) is 1. The lowest BCUT2D eigenvalue weighted by atomic mass is 10.2. The number of benzene rings is 2. The van der Waals surface area contributed by atoms with E-state index in [0.717, 1.165) is 12.1 Å². The summed E-state index contributed by atoms with van der Waals surface area (Å²) >= 11 is 4.98. The van der Waals surface area contributed by atoms with Gasteiger partial charge in [0.1, 0.15) is 0 Å². The van der Waals surface area contributed by atoms with Crippen LogP contribution in [-0.2, 0) is 6.18 Å². The van der Waals surface area contributed by atoms with Crippen LogP contribution >= 0.6 is 12.2 Å². The normalized spacial score (nSPS) is 11.4. The molecule has 0 bridgehead atoms. The number of hydrogen-bond acceptors (Lipinski definition) is 3. The van der Waals surface area contributed by atoms with Crippen molar-refractivity contribution in [3.8, 4) is 5.75 Å². The maximum absolute atomic E-state index is 13.3. The van der Waals surface area contributed by atoms with Crippen LogP contribution in [0.2, 0.25) is 0 Å². The van der Waals surface area contributed by atoms with Gasteiger partial charge in [0.25, 0.3) is 0 Å². The van der Waals surface area contributed by atoms with E-state index in [2.05, 4.69) is 15.8 Å². The number of nitrogens with one attached hydrogen (secondary N) is 2. The molecule has 0 aliphatic carbocycles. The van der Waals surface area contributed by atoms with E-state index in [0.29, 0.717) is 11.3 Å². The predicted octanol–water partition coefficient (Wildman–Crippen LogP) is 4.17. The Morgan fingerprint density at radius 3 is 2.44 bits per heavy atom. The minimum atomic E-state index is -4.39. The van der Waals surface area contributed by atoms with Crippen LogP contribution in [0.25, 0.3) is 0 Å². The SMILES string of the molecule is COc1cc(/C=N/NC(=S)Nc2ccc(C(F)(F)F)cc2)ccc1F. The summed E-state index contributed by atoms with van der Waals surface area (Å²) in [6, 6.07) is 8.58. The maximum Gasteiger partial charge on any atom is 0.416 e. The lowest BCUT2D eigenvalue weighted by Gasteiger charge is -2.09. The highest BCUT2D eigenvalue weighted by Gasteiger charge is 2.29. The second-order valence-corrected chi connectivity index (χ2v) is 5.20. The van der Waals surface area contributed by atoms with E-state index in [1.54, 1.807) is 0 Å². The molecule has 0 aliphatic rings. The molecule has 0 heterocycles. The highest BCUT2D eigenvalue weighted by atomic mass is 32.1. The Labute approximate surface area is 146 Å². The van der Waals surface area contributed by atoms with Crippen molar-refractivity contribution in [1.82, 2.24) is 5.43 Å². The Morgan fingerprint density at radius 1 is 1.16 bits per heavy atom. The third-order valence-corrected chi connectivity index (χ3v) is 3.22. The number of rotatable bonds is 4. The third kappa shape index (κ3) is 5.42. The van der Waals surface area contributed by atoms with Crippen LogP contribution in [0.3, 0.4) is 0 Å². The van der Waals surface area contributed by atoms with Crippen LogP contribution in [-0.4, -0.2) is 18.4 Å². The second-order valence-electron chi connectivity index (χ2n) is 4.79. The van der Waals surface area contributed by atoms with Crippen LogP contribution < -0.4 is 15.5 Å². The molecular formula is C16H13F4N3OS. The zero-order valence-corrected chi connectivity index (χ0v) is 13.7. The molecule has 4 nitrogen and oxygen atoms in total. The highest BCUT2D eigenvalue weighted by molar-refractivity contribution is 7.80. The topological polar surface area (TPSA) is 45.6 Å². The average Bonchev–Trinajstić information content (AvgIpc) is 2.56. The summed E-state index contributed by atoms with van der Waals surface area (Å²) in [5, 5.41) is 6.64. The number of alkyl halides is 3. The van der Waals surface area contributed by atoms with Gasteiger partial charge >= 0.3 is 6.18 Å². The lowest BCUT2D eigenvalue weighted by molar-refractivity contribution is -0.137. The van der Waals surface area contributed by atoms with Gasteiger partial charge in [-0.05, 0) is 54.2 Å². The number of hydrazone groups is 1. The van der Waals surface area contributed by atoms with Crippen molar-refractivity contribution in [1.29, 1.82) is 0 Å². The Bertz CT molecular complexity index is 776. The monoisotopic (exact) mass is 371 g/mol. The van der Waals surface area contributed by atoms with Crippen LogP contribution in [0, 0.1) is 5.82 Å². The lowest BCUT2D eigenvalue weighted by Crippen LogP contribution is -2.23. The van der Waals surface area contributed by atoms with Crippen molar-refractivity contribution >= 4 is 29.2 Å². The summed E-state index contributed by atoms with van der Waals surface area (Å²) in [6.45, 7) is 0. The minimum absolute atomic E-state index is 0.0782. The fraction of sp³-hybridized carbons (Fsp3) is 0.125. The fourth-order valence-corrected chi connectivity index (χ4v) is 1.99. The van der Waals surface area contributed by atoms with Gasteiger partial charge in [-0.2, -0.15) is 18.3 Å². The zero-order chi connectivity index (χ0) is 18.4. The number of hydrogen-bond donors (Lipinski definition) is 2. The first-order valence-corrected chi connectivity index (χ1v) is 7.31. The molecule has 2 aromatic rings. The van der Waals surface area contributed by atoms with Crippen LogP contribution in [0.15, 0.2) is 47.6 Å². The van der Waals surface area contributed by atoms with Crippen molar-refractivity contribution in [2.75, 3.05) is 12.4 Å². The molecule has 0 saturated heterocycles. The second kappa shape index (κ2) is 7.93. The number of ether oxygens (including phenoxy) is 1. The van der Waals surface area contributed by atoms with Gasteiger partial charge in [-0.15, -0.1) is 0 Å². The van der Waals surface area contributed by atoms with Gasteiger partial charge in [-0.3, -0.25) is 5.43 Å². The van der Waals surface area contributed by atoms with E-state index in [1.807, 2.05) is 0 Å². The smallest absolute Gasteiger partial charge is 0.416 e. The molecule has 2 N–H and O–H groups in total. The summed E-state index contributed by atoms with van der Waals surface area (Å²) in [4.78, 5) is 0. The average molecular weight is 371 g/mol. The van der Waals surface area contributed by atoms with Crippen molar-refractivity contribution in [2.45, 2.75) is 6.18 Å². The van der Waals surface area contributed by atoms with Gasteiger partial charge in [0.05, 0.1) is 18.9 Å². The molecule has 0 saturated carbocycles. The first-order valence-electron chi connectivity index (χ1n) is 6.90. The van der Waals surface area contributed by atoms with E-state index in [4.69, 9.17) is 17.0 Å². The molecule has 0 aromatic heterocycles. The number of thiocarbonyl (C=S) groups is 1. The summed E-state index contributed by atoms with van der Waals surface area (Å²) in [5.74, 6) is -0.415. The molecule has 0 unspecified atom stereocenters. The summed E-state index contributed by atoms with van der Waals surface area (Å²) < 4.78 is 55.6. The molecule has 2 aromatic carbocycles. The molecule has 0 amide bonds. The largest absolute Gasteiger partial charge is 0.494 e. The molecule has 132 valence electrons. The quantitative estimate of drug-likeness (QED) is 0.366. The molecule has 25 heavy (non-hydrogen) atoms. The Morgan fingerprint density at radius 2 is 1.84 bits per heavy atom. The standard InChI is InChI=1S/C16H13F4N3OS/c1-24-14-8-10(2-7-13(14)17)9-21-23-15(25)22-12-5-3-11(4-6-12)16(18,19)20/h2-9H,1H3,(H2,22,23,25)/b21-9+. The van der Waals surface area contributed by atoms with Gasteiger partial charge < -0.3 is 10.1 Å². The van der Waals surface area contributed by atoms with E-state index in [1.165, 1.54) is 43.7 Å². The Balaban J connectivity index is 1.92. The maximum atomic E-state index is 13.3. The minimum Gasteiger partial charge on any atom is -0.494 e.